The predicted molar refractivity (Wildman–Crippen MR) is 106 cm³/mol. The van der Waals surface area contributed by atoms with Gasteiger partial charge in [-0.3, -0.25) is 9.59 Å². The molecule has 136 valence electrons. The molecular weight excluding hydrogens is 346 g/mol. The number of primary amides is 1. The van der Waals surface area contributed by atoms with Crippen molar-refractivity contribution in [2.45, 2.75) is 17.7 Å². The smallest absolute Gasteiger partial charge is 0.234 e. The largest absolute Gasteiger partial charge is 0.370 e. The van der Waals surface area contributed by atoms with Crippen LogP contribution in [0.15, 0.2) is 59.5 Å². The first-order valence-electron chi connectivity index (χ1n) is 8.74. The van der Waals surface area contributed by atoms with Crippen LogP contribution in [0.4, 0.5) is 11.4 Å². The second kappa shape index (κ2) is 8.76. The standard InChI is InChI=1S/C20H23N3O2S/c21-20(25)15-10-12-23(13-11-15)18-9-5-4-8-17(18)22-19(24)14-26-16-6-2-1-3-7-16/h1-9,15H,10-14H2,(H2,21,25)(H,22,24). The molecule has 1 aliphatic heterocycles. The van der Waals surface area contributed by atoms with Gasteiger partial charge < -0.3 is 16.0 Å². The van der Waals surface area contributed by atoms with E-state index in [0.717, 1.165) is 42.2 Å². The normalized spacial score (nSPS) is 14.8. The van der Waals surface area contributed by atoms with Crippen LogP contribution in [0.1, 0.15) is 12.8 Å². The molecule has 0 aliphatic carbocycles. The maximum Gasteiger partial charge on any atom is 0.234 e. The summed E-state index contributed by atoms with van der Waals surface area (Å²) in [4.78, 5) is 27.0. The highest BCUT2D eigenvalue weighted by Crippen LogP contribution is 2.30. The first kappa shape index (κ1) is 18.3. The number of rotatable bonds is 6. The number of carbonyl (C=O) groups is 2. The van der Waals surface area contributed by atoms with Gasteiger partial charge >= 0.3 is 0 Å². The molecule has 0 spiro atoms. The molecule has 1 saturated heterocycles. The first-order valence-corrected chi connectivity index (χ1v) is 9.73. The van der Waals surface area contributed by atoms with Gasteiger partial charge in [0.25, 0.3) is 0 Å². The minimum Gasteiger partial charge on any atom is -0.370 e. The number of thioether (sulfide) groups is 1. The number of nitrogens with one attached hydrogen (secondary N) is 1. The first-order chi connectivity index (χ1) is 12.6. The van der Waals surface area contributed by atoms with Gasteiger partial charge in [0.15, 0.2) is 0 Å². The van der Waals surface area contributed by atoms with Crippen molar-refractivity contribution in [2.75, 3.05) is 29.1 Å². The highest BCUT2D eigenvalue weighted by molar-refractivity contribution is 8.00. The maximum absolute atomic E-state index is 12.4. The summed E-state index contributed by atoms with van der Waals surface area (Å²) in [6, 6.07) is 17.7. The number of anilines is 2. The molecule has 26 heavy (non-hydrogen) atoms. The molecule has 0 atom stereocenters. The van der Waals surface area contributed by atoms with E-state index >= 15 is 0 Å². The molecule has 1 heterocycles. The average Bonchev–Trinajstić information content (AvgIpc) is 2.68. The molecule has 2 amide bonds. The number of hydrogen-bond acceptors (Lipinski definition) is 4. The van der Waals surface area contributed by atoms with Crippen LogP contribution in [-0.2, 0) is 9.59 Å². The topological polar surface area (TPSA) is 75.4 Å². The van der Waals surface area contributed by atoms with Gasteiger partial charge in [0.1, 0.15) is 0 Å². The van der Waals surface area contributed by atoms with Gasteiger partial charge in [0.2, 0.25) is 11.8 Å². The van der Waals surface area contributed by atoms with Crippen LogP contribution in [0.2, 0.25) is 0 Å². The van der Waals surface area contributed by atoms with E-state index in [1.165, 1.54) is 11.8 Å². The molecule has 1 fully saturated rings. The molecule has 6 heteroatoms. The lowest BCUT2D eigenvalue weighted by molar-refractivity contribution is -0.122. The fourth-order valence-corrected chi connectivity index (χ4v) is 3.83. The summed E-state index contributed by atoms with van der Waals surface area (Å²) < 4.78 is 0. The molecule has 0 saturated carbocycles. The summed E-state index contributed by atoms with van der Waals surface area (Å²) in [5, 5.41) is 3.02. The van der Waals surface area contributed by atoms with Crippen LogP contribution in [0.5, 0.6) is 0 Å². The summed E-state index contributed by atoms with van der Waals surface area (Å²) in [5.41, 5.74) is 7.21. The summed E-state index contributed by atoms with van der Waals surface area (Å²) >= 11 is 1.52. The number of amides is 2. The monoisotopic (exact) mass is 369 g/mol. The Kier molecular flexibility index (Phi) is 6.17. The molecule has 0 bridgehead atoms. The van der Waals surface area contributed by atoms with Gasteiger partial charge in [0, 0.05) is 23.9 Å². The van der Waals surface area contributed by atoms with Crippen molar-refractivity contribution in [2.24, 2.45) is 11.7 Å². The van der Waals surface area contributed by atoms with E-state index < -0.39 is 0 Å². The third-order valence-electron chi connectivity index (χ3n) is 4.53. The molecular formula is C20H23N3O2S. The van der Waals surface area contributed by atoms with Gasteiger partial charge in [-0.15, -0.1) is 11.8 Å². The third-order valence-corrected chi connectivity index (χ3v) is 5.54. The molecule has 0 unspecified atom stereocenters. The van der Waals surface area contributed by atoms with Crippen LogP contribution in [0, 0.1) is 5.92 Å². The highest BCUT2D eigenvalue weighted by atomic mass is 32.2. The molecule has 3 N–H and O–H groups in total. The van der Waals surface area contributed by atoms with Crippen molar-refractivity contribution >= 4 is 35.0 Å². The lowest BCUT2D eigenvalue weighted by Crippen LogP contribution is -2.38. The minimum atomic E-state index is -0.218. The van der Waals surface area contributed by atoms with Crippen molar-refractivity contribution in [3.8, 4) is 0 Å². The van der Waals surface area contributed by atoms with Crippen molar-refractivity contribution in [3.05, 3.63) is 54.6 Å². The third kappa shape index (κ3) is 4.79. The zero-order chi connectivity index (χ0) is 18.4. The quantitative estimate of drug-likeness (QED) is 0.767. The van der Waals surface area contributed by atoms with Gasteiger partial charge in [-0.05, 0) is 37.1 Å². The van der Waals surface area contributed by atoms with Crippen LogP contribution < -0.4 is 16.0 Å². The van der Waals surface area contributed by atoms with E-state index in [9.17, 15) is 9.59 Å². The predicted octanol–water partition coefficient (Wildman–Crippen LogP) is 3.12. The van der Waals surface area contributed by atoms with Crippen molar-refractivity contribution in [1.29, 1.82) is 0 Å². The SMILES string of the molecule is NC(=O)C1CCN(c2ccccc2NC(=O)CSc2ccccc2)CC1. The Hall–Kier alpha value is -2.47. The van der Waals surface area contributed by atoms with Crippen molar-refractivity contribution < 1.29 is 9.59 Å². The number of nitrogens with zero attached hydrogens (tertiary/aromatic N) is 1. The van der Waals surface area contributed by atoms with E-state index in [4.69, 9.17) is 5.73 Å². The Morgan fingerprint density at radius 3 is 2.38 bits per heavy atom. The Labute approximate surface area is 157 Å². The number of hydrogen-bond donors (Lipinski definition) is 2. The fraction of sp³-hybridized carbons (Fsp3) is 0.300. The van der Waals surface area contributed by atoms with Gasteiger partial charge in [-0.2, -0.15) is 0 Å². The van der Waals surface area contributed by atoms with Gasteiger partial charge in [-0.1, -0.05) is 30.3 Å². The zero-order valence-electron chi connectivity index (χ0n) is 14.6. The lowest BCUT2D eigenvalue weighted by Gasteiger charge is -2.33. The molecule has 0 radical (unpaired) electrons. The van der Waals surface area contributed by atoms with Crippen LogP contribution in [0.25, 0.3) is 0 Å². The second-order valence-electron chi connectivity index (χ2n) is 6.33. The van der Waals surface area contributed by atoms with E-state index in [1.807, 2.05) is 54.6 Å². The lowest BCUT2D eigenvalue weighted by atomic mass is 9.96. The summed E-state index contributed by atoms with van der Waals surface area (Å²) in [6.45, 7) is 1.53. The van der Waals surface area contributed by atoms with E-state index in [2.05, 4.69) is 10.2 Å². The molecule has 5 nitrogen and oxygen atoms in total. The highest BCUT2D eigenvalue weighted by Gasteiger charge is 2.24. The number of carbonyl (C=O) groups excluding carboxylic acids is 2. The number of para-hydroxylation sites is 2. The fourth-order valence-electron chi connectivity index (χ4n) is 3.11. The molecule has 1 aliphatic rings. The van der Waals surface area contributed by atoms with Crippen molar-refractivity contribution in [1.82, 2.24) is 0 Å². The summed E-state index contributed by atoms with van der Waals surface area (Å²) in [5.74, 6) is 0.0695. The van der Waals surface area contributed by atoms with Crippen LogP contribution in [-0.4, -0.2) is 30.7 Å². The second-order valence-corrected chi connectivity index (χ2v) is 7.38. The van der Waals surface area contributed by atoms with E-state index in [0.29, 0.717) is 5.75 Å². The van der Waals surface area contributed by atoms with Crippen LogP contribution >= 0.6 is 11.8 Å². The Balaban J connectivity index is 1.60. The maximum atomic E-state index is 12.4. The zero-order valence-corrected chi connectivity index (χ0v) is 15.4. The van der Waals surface area contributed by atoms with Gasteiger partial charge in [0.05, 0.1) is 17.1 Å². The minimum absolute atomic E-state index is 0.0293. The number of piperidine rings is 1. The van der Waals surface area contributed by atoms with E-state index in [-0.39, 0.29) is 17.7 Å². The summed E-state index contributed by atoms with van der Waals surface area (Å²) in [6.07, 6.45) is 1.50. The molecule has 3 rings (SSSR count). The Bertz CT molecular complexity index is 759. The van der Waals surface area contributed by atoms with Crippen molar-refractivity contribution in [3.63, 3.8) is 0 Å². The molecule has 2 aromatic rings. The Morgan fingerprint density at radius 2 is 1.69 bits per heavy atom. The summed E-state index contributed by atoms with van der Waals surface area (Å²) in [7, 11) is 0. The molecule has 2 aromatic carbocycles. The average molecular weight is 369 g/mol. The number of benzene rings is 2. The van der Waals surface area contributed by atoms with E-state index in [1.54, 1.807) is 0 Å². The number of nitrogens with two attached hydrogens (primary N) is 1. The van der Waals surface area contributed by atoms with Gasteiger partial charge in [-0.25, -0.2) is 0 Å². The van der Waals surface area contributed by atoms with Crippen LogP contribution in [0.3, 0.4) is 0 Å². The Morgan fingerprint density at radius 1 is 1.04 bits per heavy atom. The molecule has 0 aromatic heterocycles.